The van der Waals surface area contributed by atoms with Gasteiger partial charge in [0.25, 0.3) is 0 Å². The number of aromatic nitrogens is 4. The third kappa shape index (κ3) is 3.23. The Kier molecular flexibility index (Phi) is 4.47. The van der Waals surface area contributed by atoms with Crippen LogP contribution < -0.4 is 5.32 Å². The molecule has 1 aliphatic rings. The maximum atomic E-state index is 5.99. The summed E-state index contributed by atoms with van der Waals surface area (Å²) in [5, 5.41) is 16.7. The predicted octanol–water partition coefficient (Wildman–Crippen LogP) is 3.98. The van der Waals surface area contributed by atoms with Gasteiger partial charge in [0, 0.05) is 24.6 Å². The molecule has 2 unspecified atom stereocenters. The first kappa shape index (κ1) is 16.9. The Hall–Kier alpha value is -3.25. The van der Waals surface area contributed by atoms with Crippen LogP contribution in [0, 0.1) is 5.92 Å². The molecule has 2 aromatic heterocycles. The first-order valence-electron chi connectivity index (χ1n) is 9.57. The van der Waals surface area contributed by atoms with Gasteiger partial charge in [-0.1, -0.05) is 60.7 Å². The molecule has 0 bridgehead atoms. The van der Waals surface area contributed by atoms with Gasteiger partial charge in [-0.15, -0.1) is 15.3 Å². The van der Waals surface area contributed by atoms with Crippen LogP contribution >= 0.6 is 0 Å². The molecule has 28 heavy (non-hydrogen) atoms. The monoisotopic (exact) mass is 371 g/mol. The van der Waals surface area contributed by atoms with E-state index < -0.39 is 0 Å². The predicted molar refractivity (Wildman–Crippen MR) is 108 cm³/mol. The van der Waals surface area contributed by atoms with Crippen LogP contribution in [-0.4, -0.2) is 33.0 Å². The van der Waals surface area contributed by atoms with Crippen molar-refractivity contribution in [1.82, 2.24) is 19.8 Å². The lowest BCUT2D eigenvalue weighted by Gasteiger charge is -2.19. The van der Waals surface area contributed by atoms with E-state index in [9.17, 15) is 0 Å². The molecule has 1 N–H and O–H groups in total. The van der Waals surface area contributed by atoms with Crippen molar-refractivity contribution in [3.8, 4) is 11.4 Å². The van der Waals surface area contributed by atoms with Gasteiger partial charge in [-0.25, -0.2) is 0 Å². The van der Waals surface area contributed by atoms with Gasteiger partial charge in [0.05, 0.1) is 6.10 Å². The average Bonchev–Trinajstić information content (AvgIpc) is 3.40. The number of ether oxygens (including phenoxy) is 1. The zero-order valence-electron chi connectivity index (χ0n) is 15.4. The quantitative estimate of drug-likeness (QED) is 0.575. The van der Waals surface area contributed by atoms with Gasteiger partial charge in [-0.05, 0) is 24.1 Å². The highest BCUT2D eigenvalue weighted by Gasteiger charge is 2.29. The lowest BCUT2D eigenvalue weighted by molar-refractivity contribution is 0.0933. The Labute approximate surface area is 163 Å². The molecule has 1 saturated heterocycles. The minimum atomic E-state index is 0.132. The maximum absolute atomic E-state index is 5.99. The number of anilines is 1. The van der Waals surface area contributed by atoms with Crippen molar-refractivity contribution >= 4 is 11.5 Å². The number of hydrogen-bond acceptors (Lipinski definition) is 5. The van der Waals surface area contributed by atoms with E-state index in [1.165, 1.54) is 5.56 Å². The van der Waals surface area contributed by atoms with Crippen LogP contribution in [0.3, 0.4) is 0 Å². The Balaban J connectivity index is 1.36. The molecule has 3 heterocycles. The SMILES string of the molecule is c1ccc(-c2nnc3ccc(NCC4CCOC4c4ccccc4)nn23)cc1. The van der Waals surface area contributed by atoms with Gasteiger partial charge in [0.15, 0.2) is 11.5 Å². The van der Waals surface area contributed by atoms with E-state index in [0.29, 0.717) is 5.92 Å². The first-order valence-corrected chi connectivity index (χ1v) is 9.57. The number of rotatable bonds is 5. The molecule has 0 aliphatic carbocycles. The zero-order chi connectivity index (χ0) is 18.8. The van der Waals surface area contributed by atoms with Crippen molar-refractivity contribution in [2.45, 2.75) is 12.5 Å². The number of nitrogens with one attached hydrogen (secondary N) is 1. The van der Waals surface area contributed by atoms with Crippen LogP contribution in [0.5, 0.6) is 0 Å². The van der Waals surface area contributed by atoms with Crippen LogP contribution in [0.15, 0.2) is 72.8 Å². The highest BCUT2D eigenvalue weighted by molar-refractivity contribution is 5.59. The summed E-state index contributed by atoms with van der Waals surface area (Å²) >= 11 is 0. The molecule has 6 nitrogen and oxygen atoms in total. The summed E-state index contributed by atoms with van der Waals surface area (Å²) in [5.74, 6) is 1.96. The fourth-order valence-electron chi connectivity index (χ4n) is 3.74. The second-order valence-corrected chi connectivity index (χ2v) is 7.01. The minimum absolute atomic E-state index is 0.132. The van der Waals surface area contributed by atoms with E-state index in [2.05, 4.69) is 39.8 Å². The van der Waals surface area contributed by atoms with Gasteiger partial charge in [-0.2, -0.15) is 4.52 Å². The standard InChI is InChI=1S/C22H21N5O/c1-3-7-16(8-4-1)21-18(13-14-28-21)15-23-19-11-12-20-24-25-22(27(20)26-19)17-9-5-2-6-10-17/h1-12,18,21H,13-15H2,(H,23,26). The zero-order valence-corrected chi connectivity index (χ0v) is 15.4. The summed E-state index contributed by atoms with van der Waals surface area (Å²) < 4.78 is 7.78. The summed E-state index contributed by atoms with van der Waals surface area (Å²) in [7, 11) is 0. The smallest absolute Gasteiger partial charge is 0.185 e. The molecular weight excluding hydrogens is 350 g/mol. The summed E-state index contributed by atoms with van der Waals surface area (Å²) in [6.45, 7) is 1.60. The van der Waals surface area contributed by atoms with Gasteiger partial charge in [-0.3, -0.25) is 0 Å². The van der Waals surface area contributed by atoms with E-state index in [-0.39, 0.29) is 6.10 Å². The maximum Gasteiger partial charge on any atom is 0.185 e. The molecule has 2 atom stereocenters. The molecule has 0 amide bonds. The van der Waals surface area contributed by atoms with Crippen molar-refractivity contribution in [2.24, 2.45) is 5.92 Å². The van der Waals surface area contributed by atoms with Gasteiger partial charge >= 0.3 is 0 Å². The van der Waals surface area contributed by atoms with Crippen LogP contribution in [0.2, 0.25) is 0 Å². The summed E-state index contributed by atoms with van der Waals surface area (Å²) in [4.78, 5) is 0. The highest BCUT2D eigenvalue weighted by atomic mass is 16.5. The molecule has 6 heteroatoms. The second-order valence-electron chi connectivity index (χ2n) is 7.01. The van der Waals surface area contributed by atoms with Crippen molar-refractivity contribution < 1.29 is 4.74 Å². The number of nitrogens with zero attached hydrogens (tertiary/aromatic N) is 4. The lowest BCUT2D eigenvalue weighted by Crippen LogP contribution is -2.18. The van der Waals surface area contributed by atoms with E-state index in [0.717, 1.165) is 42.4 Å². The minimum Gasteiger partial charge on any atom is -0.373 e. The lowest BCUT2D eigenvalue weighted by atomic mass is 9.95. The van der Waals surface area contributed by atoms with Crippen LogP contribution in [0.4, 0.5) is 5.82 Å². The Morgan fingerprint density at radius 3 is 2.54 bits per heavy atom. The van der Waals surface area contributed by atoms with Gasteiger partial charge in [0.2, 0.25) is 0 Å². The number of benzene rings is 2. The molecule has 2 aromatic carbocycles. The van der Waals surface area contributed by atoms with Gasteiger partial charge < -0.3 is 10.1 Å². The average molecular weight is 371 g/mol. The van der Waals surface area contributed by atoms with Crippen molar-refractivity contribution in [3.63, 3.8) is 0 Å². The largest absolute Gasteiger partial charge is 0.373 e. The fraction of sp³-hybridized carbons (Fsp3) is 0.227. The molecule has 0 spiro atoms. The third-order valence-corrected chi connectivity index (χ3v) is 5.18. The third-order valence-electron chi connectivity index (χ3n) is 5.18. The van der Waals surface area contributed by atoms with E-state index >= 15 is 0 Å². The molecule has 5 rings (SSSR count). The Bertz CT molecular complexity index is 1060. The van der Waals surface area contributed by atoms with E-state index in [1.807, 2.05) is 48.5 Å². The van der Waals surface area contributed by atoms with Crippen LogP contribution in [0.1, 0.15) is 18.1 Å². The molecule has 4 aromatic rings. The van der Waals surface area contributed by atoms with E-state index in [4.69, 9.17) is 9.84 Å². The normalized spacial score (nSPS) is 19.1. The summed E-state index contributed by atoms with van der Waals surface area (Å²) in [6.07, 6.45) is 1.17. The molecular formula is C22H21N5O. The molecule has 140 valence electrons. The van der Waals surface area contributed by atoms with Crippen molar-refractivity contribution in [1.29, 1.82) is 0 Å². The Morgan fingerprint density at radius 2 is 1.71 bits per heavy atom. The fourth-order valence-corrected chi connectivity index (χ4v) is 3.74. The number of fused-ring (bicyclic) bond motifs is 1. The molecule has 1 fully saturated rings. The molecule has 1 aliphatic heterocycles. The summed E-state index contributed by atoms with van der Waals surface area (Å²) in [6, 6.07) is 24.3. The van der Waals surface area contributed by atoms with E-state index in [1.54, 1.807) is 4.52 Å². The van der Waals surface area contributed by atoms with Gasteiger partial charge in [0.1, 0.15) is 5.82 Å². The second kappa shape index (κ2) is 7.40. The van der Waals surface area contributed by atoms with Crippen LogP contribution in [0.25, 0.3) is 17.0 Å². The summed E-state index contributed by atoms with van der Waals surface area (Å²) in [5.41, 5.74) is 2.96. The first-order chi connectivity index (χ1) is 13.9. The van der Waals surface area contributed by atoms with Crippen molar-refractivity contribution in [2.75, 3.05) is 18.5 Å². The topological polar surface area (TPSA) is 64.3 Å². The molecule has 0 saturated carbocycles. The van der Waals surface area contributed by atoms with Crippen LogP contribution in [-0.2, 0) is 4.74 Å². The van der Waals surface area contributed by atoms with Crippen molar-refractivity contribution in [3.05, 3.63) is 78.4 Å². The molecule has 0 radical (unpaired) electrons. The Morgan fingerprint density at radius 1 is 0.929 bits per heavy atom. The highest BCUT2D eigenvalue weighted by Crippen LogP contribution is 2.34. The number of hydrogen-bond donors (Lipinski definition) is 1.